The predicted octanol–water partition coefficient (Wildman–Crippen LogP) is 1.59. The fourth-order valence-corrected chi connectivity index (χ4v) is 1.15. The van der Waals surface area contributed by atoms with Crippen molar-refractivity contribution in [2.45, 2.75) is 19.9 Å². The lowest BCUT2D eigenvalue weighted by Crippen LogP contribution is -2.01. The van der Waals surface area contributed by atoms with Crippen molar-refractivity contribution < 1.29 is 9.53 Å². The van der Waals surface area contributed by atoms with Crippen LogP contribution in [0.3, 0.4) is 0 Å². The third-order valence-corrected chi connectivity index (χ3v) is 1.97. The van der Waals surface area contributed by atoms with Crippen LogP contribution in [0.1, 0.15) is 13.3 Å². The number of aromatic nitrogens is 2. The number of hydrogen-bond donors (Lipinski definition) is 0. The molecule has 0 N–H and O–H groups in total. The van der Waals surface area contributed by atoms with Crippen molar-refractivity contribution in [3.63, 3.8) is 0 Å². The topological polar surface area (TPSA) is 44.1 Å². The molecule has 0 aliphatic heterocycles. The van der Waals surface area contributed by atoms with E-state index in [1.54, 1.807) is 12.5 Å². The molecular weight excluding hydrogens is 236 g/mol. The first-order chi connectivity index (χ1) is 6.22. The Morgan fingerprint density at radius 1 is 1.77 bits per heavy atom. The van der Waals surface area contributed by atoms with Crippen LogP contribution < -0.4 is 4.74 Å². The van der Waals surface area contributed by atoms with Gasteiger partial charge in [0.15, 0.2) is 0 Å². The molecule has 0 fully saturated rings. The number of ether oxygens (including phenoxy) is 1. The van der Waals surface area contributed by atoms with Crippen molar-refractivity contribution in [1.29, 1.82) is 0 Å². The van der Waals surface area contributed by atoms with Gasteiger partial charge in [0, 0.05) is 18.8 Å². The van der Waals surface area contributed by atoms with E-state index in [1.165, 1.54) is 6.92 Å². The molecule has 0 saturated carbocycles. The Kier molecular flexibility index (Phi) is 3.95. The van der Waals surface area contributed by atoms with Crippen molar-refractivity contribution in [2.24, 2.45) is 0 Å². The van der Waals surface area contributed by atoms with Gasteiger partial charge in [0.25, 0.3) is 0 Å². The molecule has 0 spiro atoms. The summed E-state index contributed by atoms with van der Waals surface area (Å²) in [6, 6.07) is 0. The van der Waals surface area contributed by atoms with Gasteiger partial charge in [-0.25, -0.2) is 4.98 Å². The minimum Gasteiger partial charge on any atom is -0.406 e. The first kappa shape index (κ1) is 10.2. The fourth-order valence-electron chi connectivity index (χ4n) is 0.904. The number of hydrogen-bond acceptors (Lipinski definition) is 3. The molecule has 0 atom stereocenters. The van der Waals surface area contributed by atoms with Crippen molar-refractivity contribution in [3.05, 3.63) is 12.5 Å². The third-order valence-electron chi connectivity index (χ3n) is 1.41. The Labute approximate surface area is 85.0 Å². The van der Waals surface area contributed by atoms with E-state index in [-0.39, 0.29) is 5.97 Å². The quantitative estimate of drug-likeness (QED) is 0.599. The van der Waals surface area contributed by atoms with Gasteiger partial charge in [-0.1, -0.05) is 15.9 Å². The second-order valence-corrected chi connectivity index (χ2v) is 3.38. The van der Waals surface area contributed by atoms with E-state index in [0.29, 0.717) is 5.88 Å². The number of halogens is 1. The van der Waals surface area contributed by atoms with E-state index in [9.17, 15) is 4.79 Å². The second kappa shape index (κ2) is 5.01. The fraction of sp³-hybridized carbons (Fsp3) is 0.500. The van der Waals surface area contributed by atoms with Gasteiger partial charge in [0.05, 0.1) is 12.5 Å². The first-order valence-corrected chi connectivity index (χ1v) is 5.10. The SMILES string of the molecule is CC(=O)Oc1cn(CCCBr)cn1. The maximum Gasteiger partial charge on any atom is 0.309 e. The van der Waals surface area contributed by atoms with E-state index >= 15 is 0 Å². The summed E-state index contributed by atoms with van der Waals surface area (Å²) >= 11 is 3.33. The van der Waals surface area contributed by atoms with E-state index in [4.69, 9.17) is 4.74 Å². The Bertz CT molecular complexity index is 285. The maximum atomic E-state index is 10.6. The molecule has 0 unspecified atom stereocenters. The standard InChI is InChI=1S/C8H11BrN2O2/c1-7(12)13-8-5-11(6-10-8)4-2-3-9/h5-6H,2-4H2,1H3. The number of carbonyl (C=O) groups excluding carboxylic acids is 1. The van der Waals surface area contributed by atoms with Crippen LogP contribution in [0.2, 0.25) is 0 Å². The number of nitrogens with zero attached hydrogens (tertiary/aromatic N) is 2. The van der Waals surface area contributed by atoms with Crippen LogP contribution in [0.5, 0.6) is 5.88 Å². The van der Waals surface area contributed by atoms with E-state index in [1.807, 2.05) is 4.57 Å². The number of alkyl halides is 1. The lowest BCUT2D eigenvalue weighted by atomic mass is 10.5. The minimum absolute atomic E-state index is 0.342. The zero-order chi connectivity index (χ0) is 9.68. The average Bonchev–Trinajstić information content (AvgIpc) is 2.48. The zero-order valence-corrected chi connectivity index (χ0v) is 8.95. The monoisotopic (exact) mass is 246 g/mol. The lowest BCUT2D eigenvalue weighted by molar-refractivity contribution is -0.132. The number of imidazole rings is 1. The normalized spacial score (nSPS) is 10.0. The average molecular weight is 247 g/mol. The Morgan fingerprint density at radius 3 is 3.15 bits per heavy atom. The molecule has 0 radical (unpaired) electrons. The minimum atomic E-state index is -0.342. The molecule has 0 aliphatic rings. The summed E-state index contributed by atoms with van der Waals surface area (Å²) in [5, 5.41) is 0.952. The van der Waals surface area contributed by atoms with E-state index in [0.717, 1.165) is 18.3 Å². The van der Waals surface area contributed by atoms with Crippen LogP contribution in [0, 0.1) is 0 Å². The number of esters is 1. The highest BCUT2D eigenvalue weighted by atomic mass is 79.9. The summed E-state index contributed by atoms with van der Waals surface area (Å²) in [5.74, 6) is 0.0211. The highest BCUT2D eigenvalue weighted by Crippen LogP contribution is 2.06. The number of rotatable bonds is 4. The summed E-state index contributed by atoms with van der Waals surface area (Å²) in [7, 11) is 0. The van der Waals surface area contributed by atoms with Gasteiger partial charge in [-0.05, 0) is 6.42 Å². The molecule has 0 aromatic carbocycles. The van der Waals surface area contributed by atoms with E-state index < -0.39 is 0 Å². The summed E-state index contributed by atoms with van der Waals surface area (Å²) in [5.41, 5.74) is 0. The molecule has 72 valence electrons. The summed E-state index contributed by atoms with van der Waals surface area (Å²) in [4.78, 5) is 14.5. The molecule has 1 heterocycles. The molecule has 1 aromatic heterocycles. The van der Waals surface area contributed by atoms with Crippen LogP contribution in [0.4, 0.5) is 0 Å². The Balaban J connectivity index is 2.48. The molecule has 0 amide bonds. The van der Waals surface area contributed by atoms with Crippen molar-refractivity contribution in [2.75, 3.05) is 5.33 Å². The van der Waals surface area contributed by atoms with Crippen LogP contribution >= 0.6 is 15.9 Å². The summed E-state index contributed by atoms with van der Waals surface area (Å²) in [6.07, 6.45) is 4.39. The molecule has 5 heteroatoms. The molecular formula is C8H11BrN2O2. The molecule has 4 nitrogen and oxygen atoms in total. The van der Waals surface area contributed by atoms with Crippen molar-refractivity contribution >= 4 is 21.9 Å². The first-order valence-electron chi connectivity index (χ1n) is 3.98. The van der Waals surface area contributed by atoms with Crippen LogP contribution in [-0.2, 0) is 11.3 Å². The van der Waals surface area contributed by atoms with Crippen molar-refractivity contribution in [3.8, 4) is 5.88 Å². The van der Waals surface area contributed by atoms with Gasteiger partial charge >= 0.3 is 5.97 Å². The van der Waals surface area contributed by atoms with Gasteiger partial charge in [0.1, 0.15) is 0 Å². The van der Waals surface area contributed by atoms with Gasteiger partial charge in [-0.15, -0.1) is 0 Å². The van der Waals surface area contributed by atoms with Crippen LogP contribution in [0.15, 0.2) is 12.5 Å². The molecule has 1 rings (SSSR count). The van der Waals surface area contributed by atoms with E-state index in [2.05, 4.69) is 20.9 Å². The number of carbonyl (C=O) groups is 1. The van der Waals surface area contributed by atoms with Gasteiger partial charge in [-0.3, -0.25) is 4.79 Å². The maximum absolute atomic E-state index is 10.6. The highest BCUT2D eigenvalue weighted by Gasteiger charge is 2.01. The molecule has 0 bridgehead atoms. The van der Waals surface area contributed by atoms with Gasteiger partial charge in [0.2, 0.25) is 5.88 Å². The molecule has 13 heavy (non-hydrogen) atoms. The highest BCUT2D eigenvalue weighted by molar-refractivity contribution is 9.09. The molecule has 1 aromatic rings. The van der Waals surface area contributed by atoms with Crippen molar-refractivity contribution in [1.82, 2.24) is 9.55 Å². The van der Waals surface area contributed by atoms with Crippen LogP contribution in [0.25, 0.3) is 0 Å². The van der Waals surface area contributed by atoms with Gasteiger partial charge in [-0.2, -0.15) is 0 Å². The zero-order valence-electron chi connectivity index (χ0n) is 7.36. The second-order valence-electron chi connectivity index (χ2n) is 2.59. The Hall–Kier alpha value is -0.840. The predicted molar refractivity (Wildman–Crippen MR) is 51.9 cm³/mol. The number of aryl methyl sites for hydroxylation is 1. The molecule has 0 saturated heterocycles. The largest absolute Gasteiger partial charge is 0.406 e. The smallest absolute Gasteiger partial charge is 0.309 e. The lowest BCUT2D eigenvalue weighted by Gasteiger charge is -1.97. The Morgan fingerprint density at radius 2 is 2.54 bits per heavy atom. The van der Waals surface area contributed by atoms with Gasteiger partial charge < -0.3 is 9.30 Å². The van der Waals surface area contributed by atoms with Crippen LogP contribution in [-0.4, -0.2) is 20.9 Å². The third kappa shape index (κ3) is 3.59. The summed E-state index contributed by atoms with van der Waals surface area (Å²) in [6.45, 7) is 2.23. The molecule has 0 aliphatic carbocycles. The summed E-state index contributed by atoms with van der Waals surface area (Å²) < 4.78 is 6.68.